The number of rotatable bonds is 4. The summed E-state index contributed by atoms with van der Waals surface area (Å²) in [6, 6.07) is 7.65. The molecular weight excluding hydrogens is 320 g/mol. The first kappa shape index (κ1) is 15.7. The highest BCUT2D eigenvalue weighted by Crippen LogP contribution is 2.33. The Morgan fingerprint density at radius 3 is 2.72 bits per heavy atom. The van der Waals surface area contributed by atoms with Gasteiger partial charge in [0.25, 0.3) is 0 Å². The standard InChI is InChI=1S/C18H20N4O3/c1-11(2)8-14-10-15(21-25-14)18-19-12(3)20-22(18)13-4-5-16-17(9-13)24-7-6-23-16/h4-5,9-11H,6-8H2,1-3H3. The third kappa shape index (κ3) is 3.09. The van der Waals surface area contributed by atoms with Gasteiger partial charge in [0.15, 0.2) is 23.0 Å². The fraction of sp³-hybridized carbons (Fsp3) is 0.389. The summed E-state index contributed by atoms with van der Waals surface area (Å²) in [6.45, 7) is 7.25. The zero-order valence-electron chi connectivity index (χ0n) is 14.5. The highest BCUT2D eigenvalue weighted by Gasteiger charge is 2.19. The molecule has 7 nitrogen and oxygen atoms in total. The SMILES string of the molecule is Cc1nc(-c2cc(CC(C)C)on2)n(-c2ccc3c(c2)OCCO3)n1. The average Bonchev–Trinajstić information content (AvgIpc) is 3.20. The summed E-state index contributed by atoms with van der Waals surface area (Å²) >= 11 is 0. The largest absolute Gasteiger partial charge is 0.486 e. The van der Waals surface area contributed by atoms with Crippen LogP contribution in [0.2, 0.25) is 0 Å². The Balaban J connectivity index is 1.73. The van der Waals surface area contributed by atoms with Crippen molar-refractivity contribution in [3.05, 3.63) is 35.9 Å². The van der Waals surface area contributed by atoms with Gasteiger partial charge in [-0.3, -0.25) is 0 Å². The van der Waals surface area contributed by atoms with Crippen LogP contribution in [0.15, 0.2) is 28.8 Å². The quantitative estimate of drug-likeness (QED) is 0.726. The highest BCUT2D eigenvalue weighted by molar-refractivity contribution is 5.56. The maximum absolute atomic E-state index is 5.67. The van der Waals surface area contributed by atoms with Gasteiger partial charge in [0, 0.05) is 18.6 Å². The normalized spacial score (nSPS) is 13.4. The van der Waals surface area contributed by atoms with Crippen LogP contribution in [-0.2, 0) is 6.42 Å². The van der Waals surface area contributed by atoms with Gasteiger partial charge in [-0.05, 0) is 25.0 Å². The van der Waals surface area contributed by atoms with Crippen molar-refractivity contribution in [2.24, 2.45) is 5.92 Å². The Morgan fingerprint density at radius 1 is 1.12 bits per heavy atom. The van der Waals surface area contributed by atoms with Crippen LogP contribution >= 0.6 is 0 Å². The number of fused-ring (bicyclic) bond motifs is 1. The van der Waals surface area contributed by atoms with E-state index < -0.39 is 0 Å². The van der Waals surface area contributed by atoms with E-state index in [4.69, 9.17) is 14.0 Å². The smallest absolute Gasteiger partial charge is 0.185 e. The van der Waals surface area contributed by atoms with E-state index in [0.29, 0.717) is 42.2 Å². The summed E-state index contributed by atoms with van der Waals surface area (Å²) in [5, 5.41) is 8.68. The lowest BCUT2D eigenvalue weighted by Gasteiger charge is -2.18. The van der Waals surface area contributed by atoms with Crippen LogP contribution in [0.25, 0.3) is 17.2 Å². The van der Waals surface area contributed by atoms with E-state index in [1.165, 1.54) is 0 Å². The van der Waals surface area contributed by atoms with Crippen molar-refractivity contribution in [1.29, 1.82) is 0 Å². The second-order valence-electron chi connectivity index (χ2n) is 6.50. The lowest BCUT2D eigenvalue weighted by molar-refractivity contribution is 0.171. The average molecular weight is 340 g/mol. The summed E-state index contributed by atoms with van der Waals surface area (Å²) in [4.78, 5) is 4.52. The topological polar surface area (TPSA) is 75.2 Å². The van der Waals surface area contributed by atoms with Crippen molar-refractivity contribution in [3.63, 3.8) is 0 Å². The monoisotopic (exact) mass is 340 g/mol. The molecule has 0 N–H and O–H groups in total. The molecule has 3 heterocycles. The van der Waals surface area contributed by atoms with Crippen LogP contribution in [0.1, 0.15) is 25.4 Å². The van der Waals surface area contributed by atoms with Gasteiger partial charge in [0.05, 0.1) is 5.69 Å². The third-order valence-electron chi connectivity index (χ3n) is 3.88. The zero-order valence-corrected chi connectivity index (χ0v) is 14.5. The van der Waals surface area contributed by atoms with E-state index in [1.54, 1.807) is 4.68 Å². The van der Waals surface area contributed by atoms with Crippen LogP contribution in [0, 0.1) is 12.8 Å². The number of ether oxygens (including phenoxy) is 2. The molecular formula is C18H20N4O3. The maximum Gasteiger partial charge on any atom is 0.185 e. The molecule has 0 fully saturated rings. The van der Waals surface area contributed by atoms with Crippen LogP contribution < -0.4 is 9.47 Å². The summed E-state index contributed by atoms with van der Waals surface area (Å²) in [6.07, 6.45) is 0.837. The fourth-order valence-corrected chi connectivity index (χ4v) is 2.84. The molecule has 0 radical (unpaired) electrons. The van der Waals surface area contributed by atoms with Crippen molar-refractivity contribution in [3.8, 4) is 28.7 Å². The molecule has 0 bridgehead atoms. The van der Waals surface area contributed by atoms with Gasteiger partial charge in [-0.2, -0.15) is 5.10 Å². The van der Waals surface area contributed by atoms with Crippen molar-refractivity contribution < 1.29 is 14.0 Å². The molecule has 4 rings (SSSR count). The second kappa shape index (κ2) is 6.23. The molecule has 3 aromatic rings. The first-order chi connectivity index (χ1) is 12.1. The minimum absolute atomic E-state index is 0.498. The molecule has 0 saturated carbocycles. The molecule has 2 aromatic heterocycles. The van der Waals surface area contributed by atoms with Gasteiger partial charge in [0.2, 0.25) is 0 Å². The van der Waals surface area contributed by atoms with Crippen LogP contribution in [0.4, 0.5) is 0 Å². The van der Waals surface area contributed by atoms with Crippen molar-refractivity contribution in [2.45, 2.75) is 27.2 Å². The predicted octanol–water partition coefficient (Wildman–Crippen LogP) is 3.20. The highest BCUT2D eigenvalue weighted by atomic mass is 16.6. The van der Waals surface area contributed by atoms with E-state index in [2.05, 4.69) is 29.1 Å². The third-order valence-corrected chi connectivity index (χ3v) is 3.88. The fourth-order valence-electron chi connectivity index (χ4n) is 2.84. The molecule has 1 aromatic carbocycles. The van der Waals surface area contributed by atoms with Crippen LogP contribution in [-0.4, -0.2) is 33.1 Å². The van der Waals surface area contributed by atoms with Crippen molar-refractivity contribution >= 4 is 0 Å². The van der Waals surface area contributed by atoms with Crippen molar-refractivity contribution in [2.75, 3.05) is 13.2 Å². The Hall–Kier alpha value is -2.83. The first-order valence-electron chi connectivity index (χ1n) is 8.40. The summed E-state index contributed by atoms with van der Waals surface area (Å²) < 4.78 is 18.4. The molecule has 0 spiro atoms. The Labute approximate surface area is 145 Å². The van der Waals surface area contributed by atoms with Crippen molar-refractivity contribution in [1.82, 2.24) is 19.9 Å². The number of aryl methyl sites for hydroxylation is 1. The van der Waals surface area contributed by atoms with E-state index >= 15 is 0 Å². The molecule has 1 aliphatic rings. The molecule has 1 aliphatic heterocycles. The Morgan fingerprint density at radius 2 is 1.92 bits per heavy atom. The van der Waals surface area contributed by atoms with Crippen LogP contribution in [0.5, 0.6) is 11.5 Å². The van der Waals surface area contributed by atoms with E-state index in [1.807, 2.05) is 31.2 Å². The Kier molecular flexibility index (Phi) is 3.91. The second-order valence-corrected chi connectivity index (χ2v) is 6.50. The number of nitrogens with zero attached hydrogens (tertiary/aromatic N) is 4. The van der Waals surface area contributed by atoms with Crippen LogP contribution in [0.3, 0.4) is 0 Å². The number of benzene rings is 1. The maximum atomic E-state index is 5.67. The lowest BCUT2D eigenvalue weighted by atomic mass is 10.1. The number of hydrogen-bond donors (Lipinski definition) is 0. The molecule has 0 aliphatic carbocycles. The molecule has 0 atom stereocenters. The van der Waals surface area contributed by atoms with E-state index in [9.17, 15) is 0 Å². The van der Waals surface area contributed by atoms with Gasteiger partial charge in [-0.25, -0.2) is 9.67 Å². The Bertz CT molecular complexity index is 898. The van der Waals surface area contributed by atoms with Gasteiger partial charge < -0.3 is 14.0 Å². The molecule has 0 amide bonds. The minimum Gasteiger partial charge on any atom is -0.486 e. The molecule has 7 heteroatoms. The summed E-state index contributed by atoms with van der Waals surface area (Å²) in [5.74, 6) is 4.11. The van der Waals surface area contributed by atoms with E-state index in [-0.39, 0.29) is 0 Å². The van der Waals surface area contributed by atoms with E-state index in [0.717, 1.165) is 23.6 Å². The van der Waals surface area contributed by atoms with Gasteiger partial charge in [0.1, 0.15) is 24.8 Å². The molecule has 0 unspecified atom stereocenters. The molecule has 0 saturated heterocycles. The first-order valence-corrected chi connectivity index (χ1v) is 8.40. The lowest BCUT2D eigenvalue weighted by Crippen LogP contribution is -2.15. The molecule has 130 valence electrons. The van der Waals surface area contributed by atoms with Gasteiger partial charge in [-0.15, -0.1) is 0 Å². The summed E-state index contributed by atoms with van der Waals surface area (Å²) in [5.41, 5.74) is 1.51. The summed E-state index contributed by atoms with van der Waals surface area (Å²) in [7, 11) is 0. The zero-order chi connectivity index (χ0) is 17.4. The number of hydrogen-bond acceptors (Lipinski definition) is 6. The predicted molar refractivity (Wildman–Crippen MR) is 91.1 cm³/mol. The minimum atomic E-state index is 0.498. The molecule has 25 heavy (non-hydrogen) atoms. The number of aromatic nitrogens is 4. The van der Waals surface area contributed by atoms with Gasteiger partial charge >= 0.3 is 0 Å². The van der Waals surface area contributed by atoms with Gasteiger partial charge in [-0.1, -0.05) is 19.0 Å².